The second-order valence-corrected chi connectivity index (χ2v) is 3.38. The Hall–Kier alpha value is -1.77. The number of aromatic nitrogens is 2. The average molecular weight is 188 g/mol. The van der Waals surface area contributed by atoms with E-state index in [4.69, 9.17) is 0 Å². The second-order valence-electron chi connectivity index (χ2n) is 3.38. The molecule has 0 unspecified atom stereocenters. The smallest absolute Gasteiger partial charge is 0.143 e. The van der Waals surface area contributed by atoms with Crippen molar-refractivity contribution < 1.29 is 5.11 Å². The van der Waals surface area contributed by atoms with Gasteiger partial charge in [0, 0.05) is 19.4 Å². The van der Waals surface area contributed by atoms with E-state index in [2.05, 4.69) is 4.98 Å². The molecule has 1 aromatic heterocycles. The van der Waals surface area contributed by atoms with Gasteiger partial charge in [0.2, 0.25) is 0 Å². The number of nitrogens with zero attached hydrogens (tertiary/aromatic N) is 2. The molecule has 14 heavy (non-hydrogen) atoms. The first-order valence-corrected chi connectivity index (χ1v) is 4.46. The van der Waals surface area contributed by atoms with Crippen LogP contribution >= 0.6 is 0 Å². The molecule has 1 N–H and O–H groups in total. The van der Waals surface area contributed by atoms with E-state index in [0.717, 1.165) is 17.0 Å². The maximum atomic E-state index is 9.68. The molecule has 0 bridgehead atoms. The van der Waals surface area contributed by atoms with Crippen LogP contribution in [0.15, 0.2) is 30.6 Å². The molecule has 3 nitrogen and oxygen atoms in total. The number of hydrogen-bond acceptors (Lipinski definition) is 2. The molecule has 72 valence electrons. The van der Waals surface area contributed by atoms with Crippen LogP contribution in [0.5, 0.6) is 5.75 Å². The van der Waals surface area contributed by atoms with Crippen LogP contribution in [0, 0.1) is 6.92 Å². The van der Waals surface area contributed by atoms with Gasteiger partial charge >= 0.3 is 0 Å². The molecule has 1 aromatic carbocycles. The lowest BCUT2D eigenvalue weighted by molar-refractivity contribution is 0.476. The van der Waals surface area contributed by atoms with Crippen molar-refractivity contribution in [3.8, 4) is 17.1 Å². The zero-order valence-electron chi connectivity index (χ0n) is 8.23. The minimum atomic E-state index is 0.268. The topological polar surface area (TPSA) is 38.1 Å². The molecule has 0 fully saturated rings. The zero-order chi connectivity index (χ0) is 10.1. The minimum Gasteiger partial charge on any atom is -0.507 e. The Morgan fingerprint density at radius 3 is 2.79 bits per heavy atom. The Labute approximate surface area is 82.7 Å². The number of imidazole rings is 1. The van der Waals surface area contributed by atoms with Gasteiger partial charge in [-0.15, -0.1) is 0 Å². The average Bonchev–Trinajstić information content (AvgIpc) is 2.56. The van der Waals surface area contributed by atoms with Crippen molar-refractivity contribution in [2.45, 2.75) is 6.92 Å². The molecule has 0 spiro atoms. The Morgan fingerprint density at radius 2 is 2.14 bits per heavy atom. The van der Waals surface area contributed by atoms with E-state index in [1.807, 2.05) is 36.9 Å². The molecule has 1 heterocycles. The van der Waals surface area contributed by atoms with Gasteiger partial charge in [0.25, 0.3) is 0 Å². The Bertz CT molecular complexity index is 460. The summed E-state index contributed by atoms with van der Waals surface area (Å²) in [5, 5.41) is 9.68. The molecular weight excluding hydrogens is 176 g/mol. The lowest BCUT2D eigenvalue weighted by Crippen LogP contribution is -1.91. The number of hydrogen-bond donors (Lipinski definition) is 1. The first-order chi connectivity index (χ1) is 6.68. The molecule has 0 atom stereocenters. The van der Waals surface area contributed by atoms with Crippen LogP contribution in [0.2, 0.25) is 0 Å². The van der Waals surface area contributed by atoms with E-state index < -0.39 is 0 Å². The number of rotatable bonds is 1. The third-order valence-electron chi connectivity index (χ3n) is 2.21. The highest BCUT2D eigenvalue weighted by Gasteiger charge is 2.08. The molecule has 2 rings (SSSR count). The molecule has 0 aliphatic carbocycles. The third-order valence-corrected chi connectivity index (χ3v) is 2.21. The Kier molecular flexibility index (Phi) is 2.00. The molecule has 0 amide bonds. The van der Waals surface area contributed by atoms with Crippen LogP contribution in [0.25, 0.3) is 11.4 Å². The minimum absolute atomic E-state index is 0.268. The highest BCUT2D eigenvalue weighted by molar-refractivity contribution is 5.64. The quantitative estimate of drug-likeness (QED) is 0.744. The van der Waals surface area contributed by atoms with Gasteiger partial charge in [-0.3, -0.25) is 0 Å². The maximum Gasteiger partial charge on any atom is 0.143 e. The van der Waals surface area contributed by atoms with Gasteiger partial charge in [-0.05, 0) is 19.1 Å². The van der Waals surface area contributed by atoms with Gasteiger partial charge < -0.3 is 9.67 Å². The van der Waals surface area contributed by atoms with Gasteiger partial charge in [0.1, 0.15) is 11.6 Å². The second kappa shape index (κ2) is 3.18. The predicted octanol–water partition coefficient (Wildman–Crippen LogP) is 2.10. The molecule has 0 radical (unpaired) electrons. The van der Waals surface area contributed by atoms with Crippen molar-refractivity contribution in [2.24, 2.45) is 7.05 Å². The van der Waals surface area contributed by atoms with E-state index in [1.54, 1.807) is 12.3 Å². The summed E-state index contributed by atoms with van der Waals surface area (Å²) in [6.07, 6.45) is 3.58. The standard InChI is InChI=1S/C11H12N2O/c1-8-3-4-10(14)9(7-8)11-12-5-6-13(11)2/h3-7,14H,1-2H3. The van der Waals surface area contributed by atoms with E-state index >= 15 is 0 Å². The molecule has 0 saturated heterocycles. The van der Waals surface area contributed by atoms with Crippen LogP contribution in [-0.2, 0) is 7.05 Å². The molecule has 3 heteroatoms. The summed E-state index contributed by atoms with van der Waals surface area (Å²) in [7, 11) is 1.91. The van der Waals surface area contributed by atoms with Crippen LogP contribution in [0.4, 0.5) is 0 Å². The summed E-state index contributed by atoms with van der Waals surface area (Å²) in [4.78, 5) is 4.19. The summed E-state index contributed by atoms with van der Waals surface area (Å²) in [6.45, 7) is 1.99. The number of aromatic hydroxyl groups is 1. The summed E-state index contributed by atoms with van der Waals surface area (Å²) in [5.74, 6) is 1.05. The van der Waals surface area contributed by atoms with Gasteiger partial charge in [0.15, 0.2) is 0 Å². The first-order valence-electron chi connectivity index (χ1n) is 4.46. The lowest BCUT2D eigenvalue weighted by atomic mass is 10.1. The number of aryl methyl sites for hydroxylation is 2. The van der Waals surface area contributed by atoms with Gasteiger partial charge in [0.05, 0.1) is 5.56 Å². The van der Waals surface area contributed by atoms with Crippen molar-refractivity contribution in [1.82, 2.24) is 9.55 Å². The summed E-state index contributed by atoms with van der Waals surface area (Å²) in [5.41, 5.74) is 1.89. The van der Waals surface area contributed by atoms with E-state index in [0.29, 0.717) is 0 Å². The Morgan fingerprint density at radius 1 is 1.36 bits per heavy atom. The largest absolute Gasteiger partial charge is 0.507 e. The van der Waals surface area contributed by atoms with Crippen molar-refractivity contribution in [2.75, 3.05) is 0 Å². The van der Waals surface area contributed by atoms with Crippen molar-refractivity contribution in [3.63, 3.8) is 0 Å². The van der Waals surface area contributed by atoms with E-state index in [9.17, 15) is 5.11 Å². The van der Waals surface area contributed by atoms with Gasteiger partial charge in [-0.1, -0.05) is 11.6 Å². The maximum absolute atomic E-state index is 9.68. The van der Waals surface area contributed by atoms with Crippen LogP contribution < -0.4 is 0 Å². The van der Waals surface area contributed by atoms with Crippen molar-refractivity contribution in [1.29, 1.82) is 0 Å². The first kappa shape index (κ1) is 8.81. The normalized spacial score (nSPS) is 10.4. The number of phenols is 1. The van der Waals surface area contributed by atoms with Crippen LogP contribution in [0.3, 0.4) is 0 Å². The van der Waals surface area contributed by atoms with E-state index in [-0.39, 0.29) is 5.75 Å². The summed E-state index contributed by atoms with van der Waals surface area (Å²) in [6, 6.07) is 5.50. The zero-order valence-corrected chi connectivity index (χ0v) is 8.23. The fourth-order valence-electron chi connectivity index (χ4n) is 1.45. The summed E-state index contributed by atoms with van der Waals surface area (Å²) < 4.78 is 1.88. The SMILES string of the molecule is Cc1ccc(O)c(-c2nccn2C)c1. The highest BCUT2D eigenvalue weighted by atomic mass is 16.3. The van der Waals surface area contributed by atoms with Crippen molar-refractivity contribution >= 4 is 0 Å². The molecule has 0 saturated carbocycles. The molecular formula is C11H12N2O. The fraction of sp³-hybridized carbons (Fsp3) is 0.182. The van der Waals surface area contributed by atoms with Gasteiger partial charge in [-0.25, -0.2) is 4.98 Å². The van der Waals surface area contributed by atoms with Crippen LogP contribution in [0.1, 0.15) is 5.56 Å². The monoisotopic (exact) mass is 188 g/mol. The predicted molar refractivity (Wildman–Crippen MR) is 55.0 cm³/mol. The molecule has 0 aliphatic rings. The number of benzene rings is 1. The van der Waals surface area contributed by atoms with Crippen molar-refractivity contribution in [3.05, 3.63) is 36.2 Å². The molecule has 2 aromatic rings. The molecule has 0 aliphatic heterocycles. The summed E-state index contributed by atoms with van der Waals surface area (Å²) >= 11 is 0. The fourth-order valence-corrected chi connectivity index (χ4v) is 1.45. The van der Waals surface area contributed by atoms with E-state index in [1.165, 1.54) is 0 Å². The number of phenolic OH excluding ortho intramolecular Hbond substituents is 1. The van der Waals surface area contributed by atoms with Crippen LogP contribution in [-0.4, -0.2) is 14.7 Å². The Balaban J connectivity index is 2.62. The lowest BCUT2D eigenvalue weighted by Gasteiger charge is -2.05. The highest BCUT2D eigenvalue weighted by Crippen LogP contribution is 2.27. The third kappa shape index (κ3) is 1.37. The van der Waals surface area contributed by atoms with Gasteiger partial charge in [-0.2, -0.15) is 0 Å².